The van der Waals surface area contributed by atoms with Crippen LogP contribution in [0, 0.1) is 6.92 Å². The third-order valence-electron chi connectivity index (χ3n) is 2.75. The van der Waals surface area contributed by atoms with E-state index in [0.29, 0.717) is 4.99 Å². The van der Waals surface area contributed by atoms with E-state index in [9.17, 15) is 10.2 Å². The molecule has 0 aliphatic rings. The van der Waals surface area contributed by atoms with Crippen LogP contribution < -0.4 is 5.32 Å². The summed E-state index contributed by atoms with van der Waals surface area (Å²) in [6.45, 7) is 2.03. The van der Waals surface area contributed by atoms with Crippen LogP contribution in [0.3, 0.4) is 0 Å². The minimum atomic E-state index is -0.149. The van der Waals surface area contributed by atoms with Gasteiger partial charge in [-0.25, -0.2) is 0 Å². The maximum Gasteiger partial charge on any atom is 0.157 e. The summed E-state index contributed by atoms with van der Waals surface area (Å²) in [4.78, 5) is 0.571. The van der Waals surface area contributed by atoms with Crippen molar-refractivity contribution in [3.8, 4) is 11.5 Å². The molecular formula is C16H15NO2S. The lowest BCUT2D eigenvalue weighted by Gasteiger charge is -2.04. The van der Waals surface area contributed by atoms with Crippen LogP contribution in [-0.2, 0) is 0 Å². The van der Waals surface area contributed by atoms with E-state index in [1.807, 2.05) is 31.2 Å². The van der Waals surface area contributed by atoms with E-state index in [4.69, 9.17) is 12.2 Å². The van der Waals surface area contributed by atoms with Crippen molar-refractivity contribution in [3.05, 3.63) is 59.7 Å². The van der Waals surface area contributed by atoms with Gasteiger partial charge in [0.25, 0.3) is 0 Å². The minimum Gasteiger partial charge on any atom is -0.504 e. The molecule has 0 unspecified atom stereocenters. The Labute approximate surface area is 123 Å². The normalized spacial score (nSPS) is 10.7. The summed E-state index contributed by atoms with van der Waals surface area (Å²) in [6.07, 6.45) is 3.50. The fourth-order valence-corrected chi connectivity index (χ4v) is 1.82. The number of aryl methyl sites for hydroxylation is 1. The van der Waals surface area contributed by atoms with Crippen molar-refractivity contribution in [3.63, 3.8) is 0 Å². The van der Waals surface area contributed by atoms with Crippen molar-refractivity contribution in [2.45, 2.75) is 6.92 Å². The Hall–Kier alpha value is -2.33. The van der Waals surface area contributed by atoms with Gasteiger partial charge in [-0.15, -0.1) is 0 Å². The number of thiocarbonyl (C=S) groups is 1. The zero-order valence-corrected chi connectivity index (χ0v) is 11.8. The topological polar surface area (TPSA) is 52.5 Å². The van der Waals surface area contributed by atoms with Gasteiger partial charge >= 0.3 is 0 Å². The molecule has 4 heteroatoms. The first-order chi connectivity index (χ1) is 9.54. The zero-order chi connectivity index (χ0) is 14.5. The fourth-order valence-electron chi connectivity index (χ4n) is 1.64. The maximum atomic E-state index is 9.39. The van der Waals surface area contributed by atoms with Gasteiger partial charge in [0.15, 0.2) is 11.5 Å². The third-order valence-corrected chi connectivity index (χ3v) is 2.98. The molecule has 2 aromatic carbocycles. The van der Waals surface area contributed by atoms with Crippen molar-refractivity contribution in [2.24, 2.45) is 0 Å². The van der Waals surface area contributed by atoms with E-state index in [1.165, 1.54) is 17.7 Å². The molecule has 0 bridgehead atoms. The molecule has 3 N–H and O–H groups in total. The molecule has 0 spiro atoms. The molecule has 2 aromatic rings. The molecule has 102 valence electrons. The van der Waals surface area contributed by atoms with Crippen LogP contribution >= 0.6 is 12.2 Å². The van der Waals surface area contributed by atoms with Crippen LogP contribution in [0.15, 0.2) is 48.5 Å². The van der Waals surface area contributed by atoms with Crippen molar-refractivity contribution in [1.82, 2.24) is 0 Å². The van der Waals surface area contributed by atoms with Gasteiger partial charge in [-0.2, -0.15) is 0 Å². The predicted octanol–water partition coefficient (Wildman–Crippen LogP) is 3.86. The van der Waals surface area contributed by atoms with Crippen LogP contribution in [-0.4, -0.2) is 15.2 Å². The van der Waals surface area contributed by atoms with E-state index in [2.05, 4.69) is 5.32 Å². The monoisotopic (exact) mass is 285 g/mol. The highest BCUT2D eigenvalue weighted by molar-refractivity contribution is 7.81. The lowest BCUT2D eigenvalue weighted by Crippen LogP contribution is -2.04. The number of phenols is 2. The molecule has 0 amide bonds. The summed E-state index contributed by atoms with van der Waals surface area (Å²) in [7, 11) is 0. The Morgan fingerprint density at radius 2 is 1.75 bits per heavy atom. The number of anilines is 1. The van der Waals surface area contributed by atoms with Gasteiger partial charge in [0.2, 0.25) is 0 Å². The van der Waals surface area contributed by atoms with Crippen molar-refractivity contribution < 1.29 is 10.2 Å². The van der Waals surface area contributed by atoms with Crippen LogP contribution in [0.5, 0.6) is 11.5 Å². The maximum absolute atomic E-state index is 9.39. The molecule has 0 saturated carbocycles. The number of rotatable bonds is 3. The van der Waals surface area contributed by atoms with E-state index in [1.54, 1.807) is 18.2 Å². The first kappa shape index (κ1) is 14.1. The van der Waals surface area contributed by atoms with Gasteiger partial charge in [0, 0.05) is 5.69 Å². The Balaban J connectivity index is 2.01. The summed E-state index contributed by atoms with van der Waals surface area (Å²) in [5.41, 5.74) is 2.88. The van der Waals surface area contributed by atoms with Crippen molar-refractivity contribution in [1.29, 1.82) is 0 Å². The van der Waals surface area contributed by atoms with Crippen LogP contribution in [0.4, 0.5) is 5.69 Å². The number of phenolic OH excluding ortho intramolecular Hbond substituents is 2. The molecule has 2 rings (SSSR count). The zero-order valence-electron chi connectivity index (χ0n) is 11.0. The minimum absolute atomic E-state index is 0.137. The van der Waals surface area contributed by atoms with E-state index < -0.39 is 0 Å². The van der Waals surface area contributed by atoms with Crippen molar-refractivity contribution >= 4 is 29.0 Å². The molecular weight excluding hydrogens is 270 g/mol. The highest BCUT2D eigenvalue weighted by Gasteiger charge is 1.98. The lowest BCUT2D eigenvalue weighted by molar-refractivity contribution is 0.403. The highest BCUT2D eigenvalue weighted by atomic mass is 32.1. The SMILES string of the molecule is Cc1ccc(NC(=S)/C=C/c2ccc(O)c(O)c2)cc1. The standard InChI is InChI=1S/C16H15NO2S/c1-11-2-6-13(7-3-11)17-16(20)9-5-12-4-8-14(18)15(19)10-12/h2-10,18-19H,1H3,(H,17,20)/b9-5+. The quantitative estimate of drug-likeness (QED) is 0.455. The van der Waals surface area contributed by atoms with Gasteiger partial charge in [0.05, 0.1) is 0 Å². The first-order valence-electron chi connectivity index (χ1n) is 6.12. The summed E-state index contributed by atoms with van der Waals surface area (Å²) in [6, 6.07) is 12.5. The van der Waals surface area contributed by atoms with E-state index >= 15 is 0 Å². The highest BCUT2D eigenvalue weighted by Crippen LogP contribution is 2.25. The lowest BCUT2D eigenvalue weighted by atomic mass is 10.2. The second kappa shape index (κ2) is 6.21. The molecule has 0 aliphatic heterocycles. The average Bonchev–Trinajstić information content (AvgIpc) is 2.43. The largest absolute Gasteiger partial charge is 0.504 e. The fraction of sp³-hybridized carbons (Fsp3) is 0.0625. The summed E-state index contributed by atoms with van der Waals surface area (Å²) < 4.78 is 0. The van der Waals surface area contributed by atoms with Gasteiger partial charge in [0.1, 0.15) is 4.99 Å². The summed E-state index contributed by atoms with van der Waals surface area (Å²) in [5.74, 6) is -0.285. The van der Waals surface area contributed by atoms with Crippen LogP contribution in [0.2, 0.25) is 0 Å². The average molecular weight is 285 g/mol. The molecule has 0 heterocycles. The molecule has 0 radical (unpaired) electrons. The van der Waals surface area contributed by atoms with E-state index in [-0.39, 0.29) is 11.5 Å². The Morgan fingerprint density at radius 3 is 2.40 bits per heavy atom. The summed E-state index contributed by atoms with van der Waals surface area (Å²) in [5, 5.41) is 21.7. The Bertz CT molecular complexity index is 648. The molecule has 0 aliphatic carbocycles. The number of hydrogen-bond acceptors (Lipinski definition) is 3. The predicted molar refractivity (Wildman–Crippen MR) is 86.2 cm³/mol. The molecule has 3 nitrogen and oxygen atoms in total. The Morgan fingerprint density at radius 1 is 1.05 bits per heavy atom. The van der Waals surface area contributed by atoms with Crippen molar-refractivity contribution in [2.75, 3.05) is 5.32 Å². The summed E-state index contributed by atoms with van der Waals surface area (Å²) >= 11 is 5.22. The number of aromatic hydroxyl groups is 2. The molecule has 0 fully saturated rings. The van der Waals surface area contributed by atoms with Gasteiger partial charge in [-0.1, -0.05) is 42.1 Å². The Kier molecular flexibility index (Phi) is 4.38. The molecule has 0 saturated heterocycles. The number of hydrogen-bond donors (Lipinski definition) is 3. The second-order valence-electron chi connectivity index (χ2n) is 4.44. The van der Waals surface area contributed by atoms with Crippen LogP contribution in [0.25, 0.3) is 6.08 Å². The molecule has 0 aromatic heterocycles. The van der Waals surface area contributed by atoms with Gasteiger partial charge < -0.3 is 15.5 Å². The van der Waals surface area contributed by atoms with Crippen LogP contribution in [0.1, 0.15) is 11.1 Å². The van der Waals surface area contributed by atoms with Gasteiger partial charge in [-0.05, 0) is 42.8 Å². The first-order valence-corrected chi connectivity index (χ1v) is 6.53. The third kappa shape index (κ3) is 3.83. The van der Waals surface area contributed by atoms with E-state index in [0.717, 1.165) is 11.3 Å². The number of nitrogens with one attached hydrogen (secondary N) is 1. The smallest absolute Gasteiger partial charge is 0.157 e. The molecule has 0 atom stereocenters. The van der Waals surface area contributed by atoms with Gasteiger partial charge in [-0.3, -0.25) is 0 Å². The molecule has 20 heavy (non-hydrogen) atoms. The number of benzene rings is 2. The second-order valence-corrected chi connectivity index (χ2v) is 4.88.